The first-order valence-corrected chi connectivity index (χ1v) is 5.20. The van der Waals surface area contributed by atoms with E-state index < -0.39 is 6.36 Å². The molecule has 0 amide bonds. The summed E-state index contributed by atoms with van der Waals surface area (Å²) in [6, 6.07) is 4.21. The van der Waals surface area contributed by atoms with Crippen molar-refractivity contribution in [2.75, 3.05) is 14.3 Å². The van der Waals surface area contributed by atoms with Gasteiger partial charge in [0.1, 0.15) is 0 Å². The van der Waals surface area contributed by atoms with Crippen LogP contribution in [0.5, 0.6) is 11.5 Å². The van der Waals surface area contributed by atoms with E-state index in [4.69, 9.17) is 4.74 Å². The fourth-order valence-corrected chi connectivity index (χ4v) is 0.984. The first-order chi connectivity index (χ1) is 8.42. The number of aryl methyl sites for hydroxylation is 1. The molecule has 0 unspecified atom stereocenters. The Hall–Kier alpha value is -1.46. The molecule has 0 aliphatic heterocycles. The maximum atomic E-state index is 11.9. The average molecular weight is 270 g/mol. The van der Waals surface area contributed by atoms with Crippen molar-refractivity contribution >= 4 is 0 Å². The van der Waals surface area contributed by atoms with Crippen molar-refractivity contribution in [2.45, 2.75) is 27.1 Å². The molecule has 0 atom stereocenters. The molecule has 0 aliphatic rings. The Balaban J connectivity index is 0. The third kappa shape index (κ3) is 7.76. The van der Waals surface area contributed by atoms with E-state index in [-0.39, 0.29) is 11.5 Å². The van der Waals surface area contributed by atoms with Crippen LogP contribution >= 0.6 is 0 Å². The molecule has 1 aromatic carbocycles. The van der Waals surface area contributed by atoms with Gasteiger partial charge in [0, 0.05) is 0 Å². The summed E-state index contributed by atoms with van der Waals surface area (Å²) >= 11 is 0. The van der Waals surface area contributed by atoms with Crippen molar-refractivity contribution in [1.29, 1.82) is 0 Å². The minimum absolute atomic E-state index is 0.0716. The van der Waals surface area contributed by atoms with Gasteiger partial charge in [-0.15, -0.1) is 13.2 Å². The van der Waals surface area contributed by atoms with Crippen LogP contribution in [0.25, 0.3) is 0 Å². The Labute approximate surface area is 105 Å². The molecule has 0 bridgehead atoms. The number of rotatable bonds is 2. The second-order valence-corrected chi connectivity index (χ2v) is 2.70. The number of benzene rings is 1. The largest absolute Gasteiger partial charge is 0.573 e. The Morgan fingerprint density at radius 1 is 1.00 bits per heavy atom. The van der Waals surface area contributed by atoms with Crippen molar-refractivity contribution in [3.8, 4) is 11.5 Å². The van der Waals surface area contributed by atoms with Crippen LogP contribution in [0.4, 0.5) is 17.6 Å². The topological polar surface area (TPSA) is 18.5 Å². The first-order valence-electron chi connectivity index (χ1n) is 5.20. The third-order valence-corrected chi connectivity index (χ3v) is 1.54. The van der Waals surface area contributed by atoms with Crippen molar-refractivity contribution < 1.29 is 27.0 Å². The number of hydrogen-bond acceptors (Lipinski definition) is 2. The fraction of sp³-hybridized carbons (Fsp3) is 0.500. The highest BCUT2D eigenvalue weighted by molar-refractivity contribution is 5.42. The molecule has 0 spiro atoms. The van der Waals surface area contributed by atoms with Crippen LogP contribution in [-0.2, 0) is 0 Å². The van der Waals surface area contributed by atoms with Gasteiger partial charge in [-0.05, 0) is 24.6 Å². The summed E-state index contributed by atoms with van der Waals surface area (Å²) < 4.78 is 53.6. The Kier molecular flexibility index (Phi) is 10.0. The molecule has 2 nitrogen and oxygen atoms in total. The molecule has 6 heteroatoms. The molecular formula is C12H18F4O2. The predicted octanol–water partition coefficient (Wildman–Crippen LogP) is 4.51. The monoisotopic (exact) mass is 270 g/mol. The van der Waals surface area contributed by atoms with Crippen LogP contribution < -0.4 is 9.47 Å². The fourth-order valence-electron chi connectivity index (χ4n) is 0.984. The van der Waals surface area contributed by atoms with Gasteiger partial charge in [0.2, 0.25) is 0 Å². The van der Waals surface area contributed by atoms with Crippen molar-refractivity contribution in [3.05, 3.63) is 23.8 Å². The molecule has 106 valence electrons. The van der Waals surface area contributed by atoms with Gasteiger partial charge in [0.05, 0.1) is 14.3 Å². The molecule has 0 fully saturated rings. The molecular weight excluding hydrogens is 252 g/mol. The Bertz CT molecular complexity index is 324. The highest BCUT2D eigenvalue weighted by Gasteiger charge is 2.32. The molecule has 0 radical (unpaired) electrons. The van der Waals surface area contributed by atoms with E-state index in [1.54, 1.807) is 6.92 Å². The van der Waals surface area contributed by atoms with Gasteiger partial charge in [0.25, 0.3) is 0 Å². The zero-order valence-electron chi connectivity index (χ0n) is 11.1. The van der Waals surface area contributed by atoms with Crippen molar-refractivity contribution in [1.82, 2.24) is 0 Å². The van der Waals surface area contributed by atoms with Gasteiger partial charge in [-0.3, -0.25) is 4.39 Å². The lowest BCUT2D eigenvalue weighted by molar-refractivity contribution is -0.275. The first kappa shape index (κ1) is 18.9. The summed E-state index contributed by atoms with van der Waals surface area (Å²) in [5, 5.41) is 0. The lowest BCUT2D eigenvalue weighted by Gasteiger charge is -2.12. The highest BCUT2D eigenvalue weighted by atomic mass is 19.4. The van der Waals surface area contributed by atoms with Gasteiger partial charge in [0.15, 0.2) is 11.5 Å². The molecule has 18 heavy (non-hydrogen) atoms. The van der Waals surface area contributed by atoms with E-state index in [1.807, 2.05) is 13.8 Å². The SMILES string of the molecule is CC.CF.COc1cc(C)ccc1OC(F)(F)F. The second-order valence-electron chi connectivity index (χ2n) is 2.70. The number of ether oxygens (including phenoxy) is 2. The number of alkyl halides is 4. The van der Waals surface area contributed by atoms with Crippen LogP contribution in [-0.4, -0.2) is 20.6 Å². The second kappa shape index (κ2) is 9.56. The predicted molar refractivity (Wildman–Crippen MR) is 62.8 cm³/mol. The maximum Gasteiger partial charge on any atom is 0.573 e. The van der Waals surface area contributed by atoms with Gasteiger partial charge >= 0.3 is 6.36 Å². The number of methoxy groups -OCH3 is 1. The quantitative estimate of drug-likeness (QED) is 0.736. The summed E-state index contributed by atoms with van der Waals surface area (Å²) in [5.74, 6) is -0.257. The molecule has 0 aliphatic carbocycles. The number of hydrogen-bond donors (Lipinski definition) is 0. The maximum absolute atomic E-state index is 11.9. The third-order valence-electron chi connectivity index (χ3n) is 1.54. The standard InChI is InChI=1S/C9H9F3O2.C2H6.CH3F/c1-6-3-4-7(8(5-6)13-2)14-9(10,11)12;2*1-2/h3-5H,1-2H3;1-2H3;1H3. The molecule has 0 heterocycles. The van der Waals surface area contributed by atoms with Gasteiger partial charge < -0.3 is 9.47 Å². The zero-order valence-corrected chi connectivity index (χ0v) is 11.1. The van der Waals surface area contributed by atoms with Gasteiger partial charge in [-0.1, -0.05) is 19.9 Å². The molecule has 0 N–H and O–H groups in total. The molecule has 1 rings (SSSR count). The van der Waals surface area contributed by atoms with E-state index in [1.165, 1.54) is 25.3 Å². The summed E-state index contributed by atoms with van der Waals surface area (Å²) in [5.41, 5.74) is 0.802. The summed E-state index contributed by atoms with van der Waals surface area (Å²) in [7, 11) is 1.79. The number of halogens is 4. The average Bonchev–Trinajstić information content (AvgIpc) is 2.35. The van der Waals surface area contributed by atoms with Crippen LogP contribution in [0.1, 0.15) is 19.4 Å². The lowest BCUT2D eigenvalue weighted by Crippen LogP contribution is -2.17. The Morgan fingerprint density at radius 2 is 1.50 bits per heavy atom. The normalized spacial score (nSPS) is 9.39. The molecule has 0 aromatic heterocycles. The molecule has 0 saturated heterocycles. The minimum Gasteiger partial charge on any atom is -0.493 e. The molecule has 1 aromatic rings. The van der Waals surface area contributed by atoms with Crippen molar-refractivity contribution in [2.24, 2.45) is 0 Å². The summed E-state index contributed by atoms with van der Waals surface area (Å²) in [6.45, 7) is 5.75. The van der Waals surface area contributed by atoms with E-state index in [0.29, 0.717) is 7.18 Å². The van der Waals surface area contributed by atoms with E-state index >= 15 is 0 Å². The van der Waals surface area contributed by atoms with Crippen LogP contribution in [0.15, 0.2) is 18.2 Å². The minimum atomic E-state index is -4.69. The van der Waals surface area contributed by atoms with E-state index in [9.17, 15) is 17.6 Å². The van der Waals surface area contributed by atoms with Gasteiger partial charge in [-0.25, -0.2) is 0 Å². The summed E-state index contributed by atoms with van der Waals surface area (Å²) in [4.78, 5) is 0. The van der Waals surface area contributed by atoms with E-state index in [2.05, 4.69) is 4.74 Å². The highest BCUT2D eigenvalue weighted by Crippen LogP contribution is 2.32. The van der Waals surface area contributed by atoms with Crippen LogP contribution in [0.2, 0.25) is 0 Å². The van der Waals surface area contributed by atoms with Crippen LogP contribution in [0.3, 0.4) is 0 Å². The molecule has 0 saturated carbocycles. The smallest absolute Gasteiger partial charge is 0.493 e. The zero-order chi connectivity index (χ0) is 14.8. The van der Waals surface area contributed by atoms with Crippen molar-refractivity contribution in [3.63, 3.8) is 0 Å². The lowest BCUT2D eigenvalue weighted by atomic mass is 10.2. The van der Waals surface area contributed by atoms with Gasteiger partial charge in [-0.2, -0.15) is 0 Å². The van der Waals surface area contributed by atoms with Crippen LogP contribution in [0, 0.1) is 6.92 Å². The summed E-state index contributed by atoms with van der Waals surface area (Å²) in [6.07, 6.45) is -4.69. The van der Waals surface area contributed by atoms with E-state index in [0.717, 1.165) is 5.56 Å². The Morgan fingerprint density at radius 3 is 1.89 bits per heavy atom.